The number of hydrogen-bond donors (Lipinski definition) is 3. The molecule has 0 heterocycles. The van der Waals surface area contributed by atoms with Crippen molar-refractivity contribution in [3.63, 3.8) is 0 Å². The number of amides is 1. The normalized spacial score (nSPS) is 20.2. The molecule has 1 aliphatic rings. The Hall–Kier alpha value is -1.10. The number of rotatable bonds is 5. The third kappa shape index (κ3) is 3.19. The van der Waals surface area contributed by atoms with Crippen molar-refractivity contribution in [2.45, 2.75) is 45.6 Å². The molecule has 0 saturated heterocycles. The van der Waals surface area contributed by atoms with Crippen LogP contribution < -0.4 is 11.1 Å². The molecule has 4 N–H and O–H groups in total. The maximum absolute atomic E-state index is 11.7. The predicted octanol–water partition coefficient (Wildman–Crippen LogP) is 0.731. The number of carboxylic acid groups (broad SMARTS) is 1. The minimum atomic E-state index is -0.812. The molecule has 1 fully saturated rings. The van der Waals surface area contributed by atoms with Crippen molar-refractivity contribution in [2.24, 2.45) is 17.1 Å². The van der Waals surface area contributed by atoms with Crippen molar-refractivity contribution in [3.8, 4) is 0 Å². The van der Waals surface area contributed by atoms with E-state index in [0.717, 1.165) is 12.8 Å². The van der Waals surface area contributed by atoms with Gasteiger partial charge in [0.1, 0.15) is 0 Å². The van der Waals surface area contributed by atoms with Crippen LogP contribution in [0, 0.1) is 11.3 Å². The Morgan fingerprint density at radius 3 is 2.29 bits per heavy atom. The fourth-order valence-electron chi connectivity index (χ4n) is 2.19. The SMILES string of the molecule is CC(C)[C@H](N)C(=O)NCC1(C(=O)O)CCCC1. The number of carbonyl (C=O) groups excluding carboxylic acids is 1. The topological polar surface area (TPSA) is 92.4 Å². The minimum absolute atomic E-state index is 0.0550. The molecule has 0 spiro atoms. The summed E-state index contributed by atoms with van der Waals surface area (Å²) >= 11 is 0. The van der Waals surface area contributed by atoms with E-state index in [2.05, 4.69) is 5.32 Å². The number of carboxylic acids is 1. The fraction of sp³-hybridized carbons (Fsp3) is 0.833. The first-order valence-electron chi connectivity index (χ1n) is 6.16. The number of aliphatic carboxylic acids is 1. The smallest absolute Gasteiger partial charge is 0.311 e. The number of hydrogen-bond acceptors (Lipinski definition) is 3. The quantitative estimate of drug-likeness (QED) is 0.662. The Labute approximate surface area is 102 Å². The van der Waals surface area contributed by atoms with Crippen LogP contribution in [-0.2, 0) is 9.59 Å². The van der Waals surface area contributed by atoms with E-state index in [1.807, 2.05) is 13.8 Å². The second kappa shape index (κ2) is 5.49. The van der Waals surface area contributed by atoms with Crippen LogP contribution in [0.1, 0.15) is 39.5 Å². The molecular formula is C12H22N2O3. The molecule has 0 aromatic carbocycles. The highest BCUT2D eigenvalue weighted by Gasteiger charge is 2.41. The second-order valence-electron chi connectivity index (χ2n) is 5.28. The van der Waals surface area contributed by atoms with Gasteiger partial charge in [-0.05, 0) is 18.8 Å². The van der Waals surface area contributed by atoms with Crippen LogP contribution in [0.2, 0.25) is 0 Å². The summed E-state index contributed by atoms with van der Waals surface area (Å²) < 4.78 is 0. The van der Waals surface area contributed by atoms with Crippen LogP contribution in [0.15, 0.2) is 0 Å². The Balaban J connectivity index is 2.54. The van der Waals surface area contributed by atoms with Gasteiger partial charge in [0.2, 0.25) is 5.91 Å². The lowest BCUT2D eigenvalue weighted by Gasteiger charge is -2.25. The summed E-state index contributed by atoms with van der Waals surface area (Å²) in [7, 11) is 0. The molecule has 0 radical (unpaired) electrons. The largest absolute Gasteiger partial charge is 0.481 e. The lowest BCUT2D eigenvalue weighted by atomic mass is 9.86. The van der Waals surface area contributed by atoms with Gasteiger partial charge in [-0.2, -0.15) is 0 Å². The molecular weight excluding hydrogens is 220 g/mol. The van der Waals surface area contributed by atoms with Crippen molar-refractivity contribution in [1.82, 2.24) is 5.32 Å². The standard InChI is InChI=1S/C12H22N2O3/c1-8(2)9(13)10(15)14-7-12(11(16)17)5-3-4-6-12/h8-9H,3-7,13H2,1-2H3,(H,14,15)(H,16,17)/t9-/m0/s1. The highest BCUT2D eigenvalue weighted by atomic mass is 16.4. The molecule has 0 aromatic rings. The highest BCUT2D eigenvalue weighted by Crippen LogP contribution is 2.37. The molecule has 1 saturated carbocycles. The average Bonchev–Trinajstić information content (AvgIpc) is 2.74. The van der Waals surface area contributed by atoms with E-state index in [9.17, 15) is 14.7 Å². The van der Waals surface area contributed by atoms with Crippen LogP contribution in [0.25, 0.3) is 0 Å². The summed E-state index contributed by atoms with van der Waals surface area (Å²) in [5.74, 6) is -1.01. The lowest BCUT2D eigenvalue weighted by Crippen LogP contribution is -2.48. The number of carbonyl (C=O) groups is 2. The minimum Gasteiger partial charge on any atom is -0.481 e. The summed E-state index contributed by atoms with van der Waals surface area (Å²) in [6, 6.07) is -0.567. The van der Waals surface area contributed by atoms with Gasteiger partial charge >= 0.3 is 5.97 Å². The molecule has 0 bridgehead atoms. The summed E-state index contributed by atoms with van der Waals surface area (Å²) in [6.07, 6.45) is 3.11. The van der Waals surface area contributed by atoms with Crippen molar-refractivity contribution in [1.29, 1.82) is 0 Å². The van der Waals surface area contributed by atoms with E-state index in [1.54, 1.807) is 0 Å². The molecule has 17 heavy (non-hydrogen) atoms. The molecule has 1 amide bonds. The first kappa shape index (κ1) is 14.0. The van der Waals surface area contributed by atoms with Crippen molar-refractivity contribution < 1.29 is 14.7 Å². The number of nitrogens with one attached hydrogen (secondary N) is 1. The molecule has 1 aliphatic carbocycles. The summed E-state index contributed by atoms with van der Waals surface area (Å²) in [4.78, 5) is 22.9. The van der Waals surface area contributed by atoms with Crippen LogP contribution in [0.4, 0.5) is 0 Å². The Morgan fingerprint density at radius 1 is 1.35 bits per heavy atom. The Morgan fingerprint density at radius 2 is 1.88 bits per heavy atom. The van der Waals surface area contributed by atoms with Gasteiger partial charge < -0.3 is 16.2 Å². The zero-order valence-electron chi connectivity index (χ0n) is 10.5. The van der Waals surface area contributed by atoms with Gasteiger partial charge in [0.15, 0.2) is 0 Å². The van der Waals surface area contributed by atoms with Crippen molar-refractivity contribution >= 4 is 11.9 Å². The third-order valence-electron chi connectivity index (χ3n) is 3.64. The molecule has 0 aliphatic heterocycles. The highest BCUT2D eigenvalue weighted by molar-refractivity contribution is 5.83. The van der Waals surface area contributed by atoms with Crippen molar-refractivity contribution in [2.75, 3.05) is 6.54 Å². The van der Waals surface area contributed by atoms with Gasteiger partial charge in [-0.15, -0.1) is 0 Å². The first-order chi connectivity index (χ1) is 7.89. The first-order valence-corrected chi connectivity index (χ1v) is 6.16. The predicted molar refractivity (Wildman–Crippen MR) is 64.4 cm³/mol. The van der Waals surface area contributed by atoms with E-state index in [1.165, 1.54) is 0 Å². The monoisotopic (exact) mass is 242 g/mol. The third-order valence-corrected chi connectivity index (χ3v) is 3.64. The van der Waals surface area contributed by atoms with Gasteiger partial charge in [0.05, 0.1) is 11.5 Å². The molecule has 5 heteroatoms. The molecule has 0 unspecified atom stereocenters. The summed E-state index contributed by atoms with van der Waals surface area (Å²) in [5, 5.41) is 11.9. The maximum Gasteiger partial charge on any atom is 0.311 e. The van der Waals surface area contributed by atoms with E-state index < -0.39 is 17.4 Å². The van der Waals surface area contributed by atoms with Gasteiger partial charge in [0.25, 0.3) is 0 Å². The van der Waals surface area contributed by atoms with Gasteiger partial charge in [-0.25, -0.2) is 0 Å². The molecule has 5 nitrogen and oxygen atoms in total. The summed E-state index contributed by atoms with van der Waals surface area (Å²) in [6.45, 7) is 3.93. The Bertz CT molecular complexity index is 296. The zero-order chi connectivity index (χ0) is 13.1. The molecule has 98 valence electrons. The van der Waals surface area contributed by atoms with E-state index in [-0.39, 0.29) is 18.4 Å². The summed E-state index contributed by atoms with van der Waals surface area (Å²) in [5.41, 5.74) is 4.93. The second-order valence-corrected chi connectivity index (χ2v) is 5.28. The lowest BCUT2D eigenvalue weighted by molar-refractivity contribution is -0.148. The van der Waals surface area contributed by atoms with E-state index >= 15 is 0 Å². The molecule has 1 atom stereocenters. The Kier molecular flexibility index (Phi) is 4.51. The van der Waals surface area contributed by atoms with Crippen LogP contribution in [0.3, 0.4) is 0 Å². The van der Waals surface area contributed by atoms with Crippen LogP contribution in [0.5, 0.6) is 0 Å². The fourth-order valence-corrected chi connectivity index (χ4v) is 2.19. The van der Waals surface area contributed by atoms with Crippen LogP contribution >= 0.6 is 0 Å². The van der Waals surface area contributed by atoms with Crippen molar-refractivity contribution in [3.05, 3.63) is 0 Å². The molecule has 1 rings (SSSR count). The van der Waals surface area contributed by atoms with E-state index in [0.29, 0.717) is 12.8 Å². The van der Waals surface area contributed by atoms with Gasteiger partial charge in [-0.1, -0.05) is 26.7 Å². The van der Waals surface area contributed by atoms with Gasteiger partial charge in [0, 0.05) is 6.54 Å². The van der Waals surface area contributed by atoms with Crippen LogP contribution in [-0.4, -0.2) is 29.6 Å². The zero-order valence-corrected chi connectivity index (χ0v) is 10.5. The maximum atomic E-state index is 11.7. The van der Waals surface area contributed by atoms with Gasteiger partial charge in [-0.3, -0.25) is 9.59 Å². The molecule has 0 aromatic heterocycles. The average molecular weight is 242 g/mol. The number of nitrogens with two attached hydrogens (primary N) is 1. The van der Waals surface area contributed by atoms with E-state index in [4.69, 9.17) is 5.73 Å².